The quantitative estimate of drug-likeness (QED) is 0.490. The fraction of sp³-hybridized carbons (Fsp3) is 0.0667. The van der Waals surface area contributed by atoms with Crippen LogP contribution in [0.5, 0.6) is 11.5 Å². The van der Waals surface area contributed by atoms with Gasteiger partial charge in [0.05, 0.1) is 15.6 Å². The van der Waals surface area contributed by atoms with Gasteiger partial charge in [0.2, 0.25) is 6.79 Å². The zero-order valence-electron chi connectivity index (χ0n) is 12.1. The normalized spacial score (nSPS) is 12.4. The van der Waals surface area contributed by atoms with Crippen LogP contribution in [0.15, 0.2) is 46.0 Å². The van der Waals surface area contributed by atoms with Gasteiger partial charge in [-0.15, -0.1) is 0 Å². The summed E-state index contributed by atoms with van der Waals surface area (Å²) >= 11 is 3.10. The summed E-state index contributed by atoms with van der Waals surface area (Å²) in [6.07, 6.45) is 1.32. The number of nitrogens with one attached hydrogen (secondary N) is 1. The number of amides is 1. The number of benzene rings is 2. The van der Waals surface area contributed by atoms with Crippen molar-refractivity contribution in [1.82, 2.24) is 5.43 Å². The number of ether oxygens (including phenoxy) is 2. The van der Waals surface area contributed by atoms with Crippen molar-refractivity contribution < 1.29 is 19.2 Å². The number of hydrazone groups is 1. The van der Waals surface area contributed by atoms with Crippen LogP contribution >= 0.6 is 15.9 Å². The third-order valence-corrected chi connectivity index (χ3v) is 3.85. The smallest absolute Gasteiger partial charge is 0.284 e. The lowest BCUT2D eigenvalue weighted by atomic mass is 10.2. The van der Waals surface area contributed by atoms with Gasteiger partial charge in [-0.25, -0.2) is 5.43 Å². The van der Waals surface area contributed by atoms with E-state index in [0.717, 1.165) is 0 Å². The molecule has 0 saturated carbocycles. The molecule has 0 atom stereocenters. The number of halogens is 1. The van der Waals surface area contributed by atoms with Crippen LogP contribution in [0.3, 0.4) is 0 Å². The van der Waals surface area contributed by atoms with E-state index < -0.39 is 10.8 Å². The molecule has 0 aliphatic carbocycles. The maximum Gasteiger partial charge on any atom is 0.284 e. The van der Waals surface area contributed by atoms with Gasteiger partial charge in [-0.2, -0.15) is 5.10 Å². The molecule has 1 amide bonds. The molecule has 3 rings (SSSR count). The SMILES string of the molecule is O=C(N/N=C/c1ccc(Br)c([N+](=O)[O-])c1)c1ccc2c(c1)OCO2. The minimum Gasteiger partial charge on any atom is -0.454 e. The van der Waals surface area contributed by atoms with Crippen LogP contribution < -0.4 is 14.9 Å². The number of carbonyl (C=O) groups is 1. The van der Waals surface area contributed by atoms with Crippen molar-refractivity contribution in [3.8, 4) is 11.5 Å². The maximum absolute atomic E-state index is 12.0. The Labute approximate surface area is 144 Å². The Morgan fingerprint density at radius 2 is 2.04 bits per heavy atom. The molecule has 9 heteroatoms. The van der Waals surface area contributed by atoms with Crippen molar-refractivity contribution in [3.05, 3.63) is 62.1 Å². The number of nitro groups is 1. The Hall–Kier alpha value is -2.94. The highest BCUT2D eigenvalue weighted by molar-refractivity contribution is 9.10. The summed E-state index contributed by atoms with van der Waals surface area (Å²) in [5, 5.41) is 14.7. The van der Waals surface area contributed by atoms with Crippen LogP contribution in [0.25, 0.3) is 0 Å². The molecule has 0 fully saturated rings. The van der Waals surface area contributed by atoms with Gasteiger partial charge in [-0.3, -0.25) is 14.9 Å². The lowest BCUT2D eigenvalue weighted by Crippen LogP contribution is -2.17. The lowest BCUT2D eigenvalue weighted by molar-refractivity contribution is -0.385. The van der Waals surface area contributed by atoms with Crippen molar-refractivity contribution in [2.45, 2.75) is 0 Å². The predicted octanol–water partition coefficient (Wildman–Crippen LogP) is 2.85. The van der Waals surface area contributed by atoms with E-state index in [1.807, 2.05) is 0 Å². The lowest BCUT2D eigenvalue weighted by Gasteiger charge is -2.02. The first-order valence-corrected chi connectivity index (χ1v) is 7.51. The predicted molar refractivity (Wildman–Crippen MR) is 88.4 cm³/mol. The fourth-order valence-electron chi connectivity index (χ4n) is 2.02. The summed E-state index contributed by atoms with van der Waals surface area (Å²) in [5.74, 6) is 0.642. The number of hydrogen-bond acceptors (Lipinski definition) is 6. The average Bonchev–Trinajstić information content (AvgIpc) is 3.03. The van der Waals surface area contributed by atoms with E-state index in [1.165, 1.54) is 12.3 Å². The molecule has 0 aromatic heterocycles. The molecule has 0 radical (unpaired) electrons. The van der Waals surface area contributed by atoms with Gasteiger partial charge < -0.3 is 9.47 Å². The Bertz CT molecular complexity index is 853. The van der Waals surface area contributed by atoms with E-state index in [1.54, 1.807) is 30.3 Å². The largest absolute Gasteiger partial charge is 0.454 e. The molecule has 1 aliphatic rings. The zero-order chi connectivity index (χ0) is 17.1. The molecule has 0 saturated heterocycles. The molecule has 2 aromatic carbocycles. The number of hydrogen-bond donors (Lipinski definition) is 1. The summed E-state index contributed by atoms with van der Waals surface area (Å²) < 4.78 is 10.7. The monoisotopic (exact) mass is 391 g/mol. The highest BCUT2D eigenvalue weighted by Gasteiger charge is 2.16. The first-order chi connectivity index (χ1) is 11.5. The summed E-state index contributed by atoms with van der Waals surface area (Å²) in [6, 6.07) is 9.30. The molecule has 1 aliphatic heterocycles. The van der Waals surface area contributed by atoms with Gasteiger partial charge in [-0.1, -0.05) is 6.07 Å². The third-order valence-electron chi connectivity index (χ3n) is 3.18. The van der Waals surface area contributed by atoms with Crippen LogP contribution in [-0.4, -0.2) is 23.8 Å². The van der Waals surface area contributed by atoms with E-state index in [4.69, 9.17) is 9.47 Å². The van der Waals surface area contributed by atoms with Crippen molar-refractivity contribution in [2.75, 3.05) is 6.79 Å². The summed E-state index contributed by atoms with van der Waals surface area (Å²) in [7, 11) is 0. The molecule has 8 nitrogen and oxygen atoms in total. The van der Waals surface area contributed by atoms with Crippen LogP contribution in [0.4, 0.5) is 5.69 Å². The zero-order valence-corrected chi connectivity index (χ0v) is 13.6. The fourth-order valence-corrected chi connectivity index (χ4v) is 2.41. The Morgan fingerprint density at radius 1 is 1.25 bits per heavy atom. The van der Waals surface area contributed by atoms with E-state index in [-0.39, 0.29) is 12.5 Å². The van der Waals surface area contributed by atoms with Gasteiger partial charge in [0.25, 0.3) is 11.6 Å². The van der Waals surface area contributed by atoms with Gasteiger partial charge in [-0.05, 0) is 40.2 Å². The first kappa shape index (κ1) is 15.9. The second-order valence-corrected chi connectivity index (χ2v) is 5.59. The van der Waals surface area contributed by atoms with Crippen LogP contribution in [0.2, 0.25) is 0 Å². The van der Waals surface area contributed by atoms with E-state index in [9.17, 15) is 14.9 Å². The summed E-state index contributed by atoms with van der Waals surface area (Å²) in [6.45, 7) is 0.126. The number of nitro benzene ring substituents is 1. The Balaban J connectivity index is 1.69. The summed E-state index contributed by atoms with van der Waals surface area (Å²) in [5.41, 5.74) is 3.11. The van der Waals surface area contributed by atoms with Crippen molar-refractivity contribution >= 4 is 33.7 Å². The second kappa shape index (κ2) is 6.67. The molecule has 2 aromatic rings. The molecule has 122 valence electrons. The number of fused-ring (bicyclic) bond motifs is 1. The molecule has 0 bridgehead atoms. The average molecular weight is 392 g/mol. The molecular weight excluding hydrogens is 382 g/mol. The van der Waals surface area contributed by atoms with Crippen molar-refractivity contribution in [2.24, 2.45) is 5.10 Å². The van der Waals surface area contributed by atoms with Gasteiger partial charge in [0.15, 0.2) is 11.5 Å². The number of rotatable bonds is 4. The molecular formula is C15H10BrN3O5. The van der Waals surface area contributed by atoms with Crippen LogP contribution in [0.1, 0.15) is 15.9 Å². The molecule has 0 spiro atoms. The minimum atomic E-state index is -0.507. The van der Waals surface area contributed by atoms with Crippen LogP contribution in [0, 0.1) is 10.1 Å². The maximum atomic E-state index is 12.0. The Kier molecular flexibility index (Phi) is 4.43. The van der Waals surface area contributed by atoms with E-state index >= 15 is 0 Å². The highest BCUT2D eigenvalue weighted by Crippen LogP contribution is 2.32. The van der Waals surface area contributed by atoms with Gasteiger partial charge >= 0.3 is 0 Å². The number of nitrogens with zero attached hydrogens (tertiary/aromatic N) is 2. The van der Waals surface area contributed by atoms with Gasteiger partial charge in [0, 0.05) is 17.2 Å². The summed E-state index contributed by atoms with van der Waals surface area (Å²) in [4.78, 5) is 22.4. The first-order valence-electron chi connectivity index (χ1n) is 6.71. The van der Waals surface area contributed by atoms with Gasteiger partial charge in [0.1, 0.15) is 0 Å². The van der Waals surface area contributed by atoms with Crippen molar-refractivity contribution in [3.63, 3.8) is 0 Å². The molecule has 1 heterocycles. The second-order valence-electron chi connectivity index (χ2n) is 4.74. The minimum absolute atomic E-state index is 0.0824. The third kappa shape index (κ3) is 3.35. The number of carbonyl (C=O) groups excluding carboxylic acids is 1. The van der Waals surface area contributed by atoms with Crippen molar-refractivity contribution in [1.29, 1.82) is 0 Å². The highest BCUT2D eigenvalue weighted by atomic mass is 79.9. The molecule has 0 unspecified atom stereocenters. The molecule has 24 heavy (non-hydrogen) atoms. The van der Waals surface area contributed by atoms with Crippen LogP contribution in [-0.2, 0) is 0 Å². The standard InChI is InChI=1S/C15H10BrN3O5/c16-11-3-1-9(5-12(11)19(21)22)7-17-18-15(20)10-2-4-13-14(6-10)24-8-23-13/h1-7H,8H2,(H,18,20)/b17-7+. The van der Waals surface area contributed by atoms with E-state index in [2.05, 4.69) is 26.5 Å². The molecule has 1 N–H and O–H groups in total. The topological polar surface area (TPSA) is 103 Å². The Morgan fingerprint density at radius 3 is 2.83 bits per heavy atom. The van der Waals surface area contributed by atoms with E-state index in [0.29, 0.717) is 27.1 Å².